The number of imide groups is 4. The van der Waals surface area contributed by atoms with Crippen LogP contribution >= 0.6 is 0 Å². The third kappa shape index (κ3) is 20.4. The maximum atomic E-state index is 12.6. The predicted octanol–water partition coefficient (Wildman–Crippen LogP) is 4.69. The fourth-order valence-corrected chi connectivity index (χ4v) is 8.90. The van der Waals surface area contributed by atoms with Gasteiger partial charge in [-0.05, 0) is 65.6 Å². The molecule has 4 aliphatic rings. The largest absolute Gasteiger partial charge is 0.496 e. The molecule has 0 atom stereocenters. The van der Waals surface area contributed by atoms with E-state index in [-0.39, 0.29) is 92.5 Å². The van der Waals surface area contributed by atoms with E-state index in [4.69, 9.17) is 24.8 Å². The molecule has 81 heavy (non-hydrogen) atoms. The molecule has 432 valence electrons. The van der Waals surface area contributed by atoms with Crippen molar-refractivity contribution in [3.05, 3.63) is 130 Å². The third-order valence-corrected chi connectivity index (χ3v) is 14.3. The van der Waals surface area contributed by atoms with Crippen LogP contribution in [-0.4, -0.2) is 172 Å². The Morgan fingerprint density at radius 1 is 0.642 bits per heavy atom. The van der Waals surface area contributed by atoms with Gasteiger partial charge in [0.2, 0.25) is 23.6 Å². The number of carbonyl (C=O) groups excluding carboxylic acids is 9. The number of aliphatic hydroxyl groups is 1. The highest BCUT2D eigenvalue weighted by Crippen LogP contribution is 2.23. The smallest absolute Gasteiger partial charge is 0.335 e. The lowest BCUT2D eigenvalue weighted by atomic mass is 10.1. The molecule has 1 aromatic heterocycles. The minimum atomic E-state index is -1.20. The number of hydrogen-bond donors (Lipinski definition) is 6. The number of amides is 12. The fourth-order valence-electron chi connectivity index (χ4n) is 8.15. The number of methoxy groups -OCH3 is 1. The summed E-state index contributed by atoms with van der Waals surface area (Å²) in [4.78, 5) is 136. The first-order chi connectivity index (χ1) is 38.5. The molecular weight excluding hydrogens is 1070 g/mol. The summed E-state index contributed by atoms with van der Waals surface area (Å²) in [6.45, 7) is 10.1. The molecule has 0 bridgehead atoms. The molecule has 0 unspecified atom stereocenters. The van der Waals surface area contributed by atoms with Crippen LogP contribution in [0.1, 0.15) is 84.7 Å². The minimum absolute atomic E-state index is 0.00697. The SMILES string of the molecule is COc1ccc(C(=O)O)cc1CN1CCC(=O)NC1=O.C[Si](C)(C)CCOCN1C(=O)CCN(Cc2cccc(C=O)c2)C1=O.O=C1CCN(Cc2cc(C(=O)O)ccn2)C(=O)N1.O=C1CCN(Cc2cccc(CCO)c2)C(=O)N1. The number of pyridine rings is 1. The molecule has 4 fully saturated rings. The Morgan fingerprint density at radius 3 is 1.73 bits per heavy atom. The van der Waals surface area contributed by atoms with E-state index in [1.54, 1.807) is 34.1 Å². The van der Waals surface area contributed by atoms with Gasteiger partial charge in [-0.2, -0.15) is 0 Å². The van der Waals surface area contributed by atoms with Crippen molar-refractivity contribution in [3.8, 4) is 5.75 Å². The predicted molar refractivity (Wildman–Crippen MR) is 292 cm³/mol. The summed E-state index contributed by atoms with van der Waals surface area (Å²) in [5.41, 5.74) is 4.78. The Morgan fingerprint density at radius 2 is 1.17 bits per heavy atom. The summed E-state index contributed by atoms with van der Waals surface area (Å²) in [5.74, 6) is -2.62. The average Bonchev–Trinajstić information content (AvgIpc) is 3.53. The second kappa shape index (κ2) is 30.5. The molecule has 6 N–H and O–H groups in total. The number of aliphatic hydroxyl groups excluding tert-OH is 1. The normalized spacial score (nSPS) is 15.4. The van der Waals surface area contributed by atoms with E-state index in [9.17, 15) is 52.7 Å². The number of aromatic nitrogens is 1. The Labute approximate surface area is 468 Å². The highest BCUT2D eigenvalue weighted by molar-refractivity contribution is 6.76. The molecule has 4 aliphatic heterocycles. The zero-order valence-electron chi connectivity index (χ0n) is 45.5. The van der Waals surface area contributed by atoms with Gasteiger partial charge in [0.15, 0.2) is 0 Å². The first kappa shape index (κ1) is 63.0. The topological polar surface area (TPSA) is 332 Å². The van der Waals surface area contributed by atoms with Gasteiger partial charge in [0.1, 0.15) is 18.8 Å². The highest BCUT2D eigenvalue weighted by atomic mass is 28.3. The second-order valence-electron chi connectivity index (χ2n) is 20.0. The Balaban J connectivity index is 0.000000200. The van der Waals surface area contributed by atoms with Gasteiger partial charge < -0.3 is 44.4 Å². The molecule has 12 amide bonds. The number of carboxylic acid groups (broad SMARTS) is 2. The molecule has 4 saturated heterocycles. The number of carboxylic acids is 2. The van der Waals surface area contributed by atoms with Crippen LogP contribution in [0.2, 0.25) is 25.7 Å². The van der Waals surface area contributed by atoms with E-state index < -0.39 is 32.1 Å². The molecule has 0 radical (unpaired) electrons. The summed E-state index contributed by atoms with van der Waals surface area (Å²) in [7, 11) is 0.268. The fraction of sp³-hybridized carbons (Fsp3) is 0.382. The van der Waals surface area contributed by atoms with Gasteiger partial charge in [-0.1, -0.05) is 62.1 Å². The van der Waals surface area contributed by atoms with E-state index >= 15 is 0 Å². The zero-order valence-corrected chi connectivity index (χ0v) is 46.5. The van der Waals surface area contributed by atoms with Crippen LogP contribution in [-0.2, 0) is 56.5 Å². The quantitative estimate of drug-likeness (QED) is 0.0421. The van der Waals surface area contributed by atoms with Crippen LogP contribution in [0.5, 0.6) is 5.75 Å². The number of rotatable bonds is 19. The third-order valence-electron chi connectivity index (χ3n) is 12.6. The summed E-state index contributed by atoms with van der Waals surface area (Å²) in [6.07, 6.45) is 3.88. The standard InChI is InChI=1S/C18H26N2O4Si.C13H14N2O5.C13H16N2O3.C11H11N3O4/c1-25(2,3)10-9-24-14-20-17(22)7-8-19(18(20)23)12-15-5-4-6-16(11-15)13-21;1-20-10-3-2-8(12(17)18)6-9(10)7-15-5-4-11(16)14-13(15)19;16-7-5-10-2-1-3-11(8-10)9-15-6-4-12(17)14-13(15)18;15-9-2-4-14(11(18)13-9)6-8-5-7(10(16)17)1-3-12-8/h4-6,11,13H,7-10,12,14H2,1-3H3;2-3,6H,4-5,7H2,1H3,(H,17,18)(H,14,16,19);1-3,8,16H,4-7,9H2,(H,14,17,18);1,3,5H,2,4,6H2,(H,16,17)(H,13,15,18). The van der Waals surface area contributed by atoms with Crippen LogP contribution in [0.3, 0.4) is 0 Å². The van der Waals surface area contributed by atoms with Crippen molar-refractivity contribution >= 4 is 74.1 Å². The number of aldehydes is 1. The van der Waals surface area contributed by atoms with E-state index in [0.717, 1.165) is 29.0 Å². The first-order valence-corrected chi connectivity index (χ1v) is 29.5. The monoisotopic (exact) mass is 1140 g/mol. The minimum Gasteiger partial charge on any atom is -0.496 e. The average molecular weight is 1140 g/mol. The van der Waals surface area contributed by atoms with Crippen molar-refractivity contribution in [1.29, 1.82) is 0 Å². The number of ether oxygens (including phenoxy) is 2. The van der Waals surface area contributed by atoms with E-state index in [1.807, 2.05) is 30.3 Å². The summed E-state index contributed by atoms with van der Waals surface area (Å²) >= 11 is 0. The number of carbonyl (C=O) groups is 11. The number of hydrogen-bond acceptors (Lipinski definition) is 15. The van der Waals surface area contributed by atoms with E-state index in [2.05, 4.69) is 40.6 Å². The van der Waals surface area contributed by atoms with E-state index in [0.29, 0.717) is 81.3 Å². The van der Waals surface area contributed by atoms with Crippen LogP contribution in [0.25, 0.3) is 0 Å². The van der Waals surface area contributed by atoms with Gasteiger partial charge in [-0.15, -0.1) is 0 Å². The lowest BCUT2D eigenvalue weighted by molar-refractivity contribution is -0.136. The van der Waals surface area contributed by atoms with Gasteiger partial charge >= 0.3 is 36.1 Å². The summed E-state index contributed by atoms with van der Waals surface area (Å²) in [6, 6.07) is 21.5. The van der Waals surface area contributed by atoms with Crippen molar-refractivity contribution in [2.45, 2.75) is 84.0 Å². The Kier molecular flexibility index (Phi) is 23.7. The molecule has 0 aliphatic carbocycles. The highest BCUT2D eigenvalue weighted by Gasteiger charge is 2.32. The Bertz CT molecular complexity index is 2970. The maximum Gasteiger partial charge on any atom is 0.335 e. The molecule has 0 spiro atoms. The van der Waals surface area contributed by atoms with Crippen molar-refractivity contribution in [2.24, 2.45) is 0 Å². The number of nitrogens with zero attached hydrogens (tertiary/aromatic N) is 6. The molecule has 26 heteroatoms. The summed E-state index contributed by atoms with van der Waals surface area (Å²) in [5, 5.41) is 33.4. The van der Waals surface area contributed by atoms with Crippen LogP contribution < -0.4 is 20.7 Å². The molecule has 4 aromatic rings. The van der Waals surface area contributed by atoms with Crippen molar-refractivity contribution in [1.82, 2.24) is 45.4 Å². The van der Waals surface area contributed by atoms with Crippen molar-refractivity contribution in [2.75, 3.05) is 53.2 Å². The molecule has 0 saturated carbocycles. The first-order valence-electron chi connectivity index (χ1n) is 25.8. The number of urea groups is 4. The van der Waals surface area contributed by atoms with Crippen LogP contribution in [0, 0.1) is 0 Å². The Hall–Kier alpha value is -8.88. The molecule has 3 aromatic carbocycles. The van der Waals surface area contributed by atoms with Crippen molar-refractivity contribution < 1.29 is 77.5 Å². The van der Waals surface area contributed by atoms with Crippen LogP contribution in [0.4, 0.5) is 19.2 Å². The van der Waals surface area contributed by atoms with Gasteiger partial charge in [0.25, 0.3) is 0 Å². The van der Waals surface area contributed by atoms with Gasteiger partial charge in [-0.3, -0.25) is 44.9 Å². The van der Waals surface area contributed by atoms with Crippen molar-refractivity contribution in [3.63, 3.8) is 0 Å². The molecule has 8 rings (SSSR count). The number of aromatic carboxylic acids is 2. The molecular formula is C55H67N9O16Si. The molecule has 5 heterocycles. The van der Waals surface area contributed by atoms with Gasteiger partial charge in [0.05, 0.1) is 37.0 Å². The molecule has 25 nitrogen and oxygen atoms in total. The number of benzene rings is 3. The van der Waals surface area contributed by atoms with Gasteiger partial charge in [0, 0.05) is 104 Å². The lowest BCUT2D eigenvalue weighted by Gasteiger charge is -2.34. The van der Waals surface area contributed by atoms with Gasteiger partial charge in [-0.25, -0.2) is 33.7 Å². The van der Waals surface area contributed by atoms with Crippen LogP contribution in [0.15, 0.2) is 85.1 Å². The summed E-state index contributed by atoms with van der Waals surface area (Å²) < 4.78 is 10.7. The maximum absolute atomic E-state index is 12.6. The van der Waals surface area contributed by atoms with E-state index in [1.165, 1.54) is 52.3 Å². The number of nitrogens with one attached hydrogen (secondary N) is 3. The zero-order chi connectivity index (χ0) is 59.2. The lowest BCUT2D eigenvalue weighted by Crippen LogP contribution is -2.52. The second-order valence-corrected chi connectivity index (χ2v) is 25.6.